The number of nitrogens with zero attached hydrogens (tertiary/aromatic N) is 1. The summed E-state index contributed by atoms with van der Waals surface area (Å²) in [4.78, 5) is 0. The fourth-order valence-corrected chi connectivity index (χ4v) is 3.79. The second-order valence-electron chi connectivity index (χ2n) is 5.93. The van der Waals surface area contributed by atoms with E-state index < -0.39 is 0 Å². The van der Waals surface area contributed by atoms with E-state index in [1.807, 2.05) is 0 Å². The summed E-state index contributed by atoms with van der Waals surface area (Å²) in [6.45, 7) is 2.34. The maximum atomic E-state index is 8.90. The van der Waals surface area contributed by atoms with E-state index in [0.717, 1.165) is 17.8 Å². The van der Waals surface area contributed by atoms with Gasteiger partial charge in [0.15, 0.2) is 0 Å². The van der Waals surface area contributed by atoms with E-state index >= 15 is 0 Å². The van der Waals surface area contributed by atoms with E-state index in [-0.39, 0.29) is 0 Å². The molecule has 16 heavy (non-hydrogen) atoms. The predicted molar refractivity (Wildman–Crippen MR) is 66.8 cm³/mol. The predicted octanol–water partition coefficient (Wildman–Crippen LogP) is 4.53. The maximum absolute atomic E-state index is 8.90. The van der Waals surface area contributed by atoms with Crippen LogP contribution in [-0.4, -0.2) is 0 Å². The lowest BCUT2D eigenvalue weighted by Gasteiger charge is -2.36. The second-order valence-corrected chi connectivity index (χ2v) is 5.93. The molecule has 2 rings (SSSR count). The Hall–Kier alpha value is -0.510. The quantitative estimate of drug-likeness (QED) is 0.669. The first-order chi connectivity index (χ1) is 7.83. The molecule has 0 saturated heterocycles. The Balaban J connectivity index is 1.76. The molecule has 2 aliphatic carbocycles. The average molecular weight is 219 g/mol. The number of nitriles is 1. The van der Waals surface area contributed by atoms with Crippen molar-refractivity contribution in [3.05, 3.63) is 0 Å². The zero-order valence-corrected chi connectivity index (χ0v) is 10.6. The van der Waals surface area contributed by atoms with Crippen LogP contribution in [0.2, 0.25) is 0 Å². The lowest BCUT2D eigenvalue weighted by molar-refractivity contribution is 0.155. The molecule has 0 heterocycles. The lowest BCUT2D eigenvalue weighted by Crippen LogP contribution is -2.25. The summed E-state index contributed by atoms with van der Waals surface area (Å²) in [5, 5.41) is 8.90. The monoisotopic (exact) mass is 219 g/mol. The molecule has 0 spiro atoms. The molecule has 1 nitrogen and oxygen atoms in total. The van der Waals surface area contributed by atoms with Crippen molar-refractivity contribution in [2.45, 2.75) is 64.7 Å². The molecule has 1 heteroatoms. The Bertz CT molecular complexity index is 237. The van der Waals surface area contributed by atoms with Crippen molar-refractivity contribution in [2.24, 2.45) is 23.7 Å². The van der Waals surface area contributed by atoms with Gasteiger partial charge in [-0.2, -0.15) is 5.26 Å². The van der Waals surface area contributed by atoms with Gasteiger partial charge >= 0.3 is 0 Å². The van der Waals surface area contributed by atoms with Crippen molar-refractivity contribution in [1.82, 2.24) is 0 Å². The van der Waals surface area contributed by atoms with E-state index in [1.54, 1.807) is 0 Å². The van der Waals surface area contributed by atoms with Crippen molar-refractivity contribution in [3.8, 4) is 6.07 Å². The Morgan fingerprint density at radius 1 is 0.875 bits per heavy atom. The minimum absolute atomic E-state index is 0.378. The summed E-state index contributed by atoms with van der Waals surface area (Å²) in [6.07, 6.45) is 12.3. The first-order valence-corrected chi connectivity index (χ1v) is 7.23. The zero-order valence-electron chi connectivity index (χ0n) is 10.6. The van der Waals surface area contributed by atoms with Gasteiger partial charge in [0.1, 0.15) is 0 Å². The highest BCUT2D eigenvalue weighted by molar-refractivity contribution is 4.89. The summed E-state index contributed by atoms with van der Waals surface area (Å²) >= 11 is 0. The van der Waals surface area contributed by atoms with E-state index in [2.05, 4.69) is 13.0 Å². The van der Waals surface area contributed by atoms with Gasteiger partial charge in [0.05, 0.1) is 6.07 Å². The van der Waals surface area contributed by atoms with Crippen LogP contribution >= 0.6 is 0 Å². The first-order valence-electron chi connectivity index (χ1n) is 7.23. The van der Waals surface area contributed by atoms with Gasteiger partial charge in [0.25, 0.3) is 0 Å². The molecular formula is C15H25N. The Kier molecular flexibility index (Phi) is 4.27. The molecule has 0 aliphatic heterocycles. The van der Waals surface area contributed by atoms with Crippen molar-refractivity contribution >= 4 is 0 Å². The molecule has 0 aromatic heterocycles. The van der Waals surface area contributed by atoms with E-state index in [4.69, 9.17) is 5.26 Å². The SMILES string of the molecule is CCC1CCC(C2CCC(C#N)CC2)CC1. The number of hydrogen-bond acceptors (Lipinski definition) is 1. The van der Waals surface area contributed by atoms with Gasteiger partial charge in [0.2, 0.25) is 0 Å². The van der Waals surface area contributed by atoms with Crippen molar-refractivity contribution in [1.29, 1.82) is 5.26 Å². The molecule has 2 aliphatic rings. The van der Waals surface area contributed by atoms with Gasteiger partial charge < -0.3 is 0 Å². The molecular weight excluding hydrogens is 194 g/mol. The standard InChI is InChI=1S/C15H25N/c1-2-12-3-7-14(8-4-12)15-9-5-13(11-16)6-10-15/h12-15H,2-10H2,1H3. The number of rotatable bonds is 2. The summed E-state index contributed by atoms with van der Waals surface area (Å²) < 4.78 is 0. The van der Waals surface area contributed by atoms with E-state index in [0.29, 0.717) is 5.92 Å². The highest BCUT2D eigenvalue weighted by Crippen LogP contribution is 2.41. The van der Waals surface area contributed by atoms with Gasteiger partial charge in [-0.1, -0.05) is 26.2 Å². The van der Waals surface area contributed by atoms with Crippen LogP contribution in [0.3, 0.4) is 0 Å². The highest BCUT2D eigenvalue weighted by Gasteiger charge is 2.30. The molecule has 90 valence electrons. The minimum atomic E-state index is 0.378. The maximum Gasteiger partial charge on any atom is 0.0655 e. The highest BCUT2D eigenvalue weighted by atomic mass is 14.4. The Morgan fingerprint density at radius 3 is 1.81 bits per heavy atom. The first kappa shape index (κ1) is 12.0. The van der Waals surface area contributed by atoms with Crippen molar-refractivity contribution in [2.75, 3.05) is 0 Å². The summed E-state index contributed by atoms with van der Waals surface area (Å²) in [6, 6.07) is 2.44. The second kappa shape index (κ2) is 5.71. The molecule has 0 N–H and O–H groups in total. The van der Waals surface area contributed by atoms with Gasteiger partial charge in [-0.25, -0.2) is 0 Å². The number of hydrogen-bond donors (Lipinski definition) is 0. The minimum Gasteiger partial charge on any atom is -0.198 e. The molecule has 0 bridgehead atoms. The average Bonchev–Trinajstić information content (AvgIpc) is 2.39. The van der Waals surface area contributed by atoms with Gasteiger partial charge in [-0.05, 0) is 56.3 Å². The summed E-state index contributed by atoms with van der Waals surface area (Å²) in [7, 11) is 0. The van der Waals surface area contributed by atoms with E-state index in [9.17, 15) is 0 Å². The van der Waals surface area contributed by atoms with E-state index in [1.165, 1.54) is 57.8 Å². The smallest absolute Gasteiger partial charge is 0.0655 e. The van der Waals surface area contributed by atoms with Crippen LogP contribution < -0.4 is 0 Å². The van der Waals surface area contributed by atoms with Crippen LogP contribution in [0.15, 0.2) is 0 Å². The molecule has 0 radical (unpaired) electrons. The molecule has 0 atom stereocenters. The van der Waals surface area contributed by atoms with Crippen LogP contribution in [-0.2, 0) is 0 Å². The van der Waals surface area contributed by atoms with Crippen LogP contribution in [0.5, 0.6) is 0 Å². The van der Waals surface area contributed by atoms with Gasteiger partial charge in [-0.15, -0.1) is 0 Å². The fourth-order valence-electron chi connectivity index (χ4n) is 3.79. The third-order valence-corrected chi connectivity index (χ3v) is 5.09. The largest absolute Gasteiger partial charge is 0.198 e. The molecule has 0 aromatic carbocycles. The van der Waals surface area contributed by atoms with Crippen molar-refractivity contribution < 1.29 is 0 Å². The van der Waals surface area contributed by atoms with Crippen LogP contribution in [0.25, 0.3) is 0 Å². The van der Waals surface area contributed by atoms with Crippen LogP contribution in [0.4, 0.5) is 0 Å². The van der Waals surface area contributed by atoms with Crippen LogP contribution in [0.1, 0.15) is 64.7 Å². The third kappa shape index (κ3) is 2.78. The van der Waals surface area contributed by atoms with Crippen LogP contribution in [0, 0.1) is 35.0 Å². The summed E-state index contributed by atoms with van der Waals surface area (Å²) in [5.74, 6) is 3.36. The molecule has 2 saturated carbocycles. The normalized spacial score (nSPS) is 40.2. The molecule has 2 fully saturated rings. The molecule has 0 amide bonds. The summed E-state index contributed by atoms with van der Waals surface area (Å²) in [5.41, 5.74) is 0. The lowest BCUT2D eigenvalue weighted by atomic mass is 9.69. The molecule has 0 aromatic rings. The third-order valence-electron chi connectivity index (χ3n) is 5.09. The fraction of sp³-hybridized carbons (Fsp3) is 0.933. The zero-order chi connectivity index (χ0) is 11.4. The van der Waals surface area contributed by atoms with Gasteiger partial charge in [0, 0.05) is 5.92 Å². The molecule has 0 unspecified atom stereocenters. The van der Waals surface area contributed by atoms with Crippen molar-refractivity contribution in [3.63, 3.8) is 0 Å². The Labute approximate surface area is 100 Å². The van der Waals surface area contributed by atoms with Gasteiger partial charge in [-0.3, -0.25) is 0 Å². The Morgan fingerprint density at radius 2 is 1.38 bits per heavy atom. The topological polar surface area (TPSA) is 23.8 Å².